The van der Waals surface area contributed by atoms with Gasteiger partial charge in [0.05, 0.1) is 9.73 Å². The molecule has 90 valence electrons. The normalized spacial score (nSPS) is 16.9. The van der Waals surface area contributed by atoms with Crippen LogP contribution in [0.4, 0.5) is 0 Å². The van der Waals surface area contributed by atoms with Crippen molar-refractivity contribution in [2.24, 2.45) is 10.3 Å². The maximum Gasteiger partial charge on any atom is 0.0720 e. The van der Waals surface area contributed by atoms with Gasteiger partial charge in [0.2, 0.25) is 0 Å². The van der Waals surface area contributed by atoms with Crippen LogP contribution in [0.5, 0.6) is 0 Å². The van der Waals surface area contributed by atoms with Crippen LogP contribution in [0.25, 0.3) is 0 Å². The van der Waals surface area contributed by atoms with Crippen molar-refractivity contribution in [2.45, 2.75) is 31.6 Å². The monoisotopic (exact) mass is 239 g/mol. The Balaban J connectivity index is 3.06. The van der Waals surface area contributed by atoms with Crippen molar-refractivity contribution in [1.82, 2.24) is 0 Å². The third-order valence-corrected chi connectivity index (χ3v) is 5.04. The molecule has 1 aromatic carbocycles. The molecule has 1 aromatic rings. The molecule has 0 N–H and O–H groups in total. The van der Waals surface area contributed by atoms with Crippen LogP contribution >= 0.6 is 0 Å². The van der Waals surface area contributed by atoms with Crippen LogP contribution in [0.2, 0.25) is 0 Å². The Bertz CT molecular complexity index is 453. The smallest absolute Gasteiger partial charge is 0.0720 e. The molecule has 0 aromatic heterocycles. The van der Waals surface area contributed by atoms with Crippen molar-refractivity contribution < 1.29 is 4.21 Å². The third-order valence-electron chi connectivity index (χ3n) is 3.19. The first-order valence-corrected chi connectivity index (χ1v) is 7.51. The molecule has 16 heavy (non-hydrogen) atoms. The van der Waals surface area contributed by atoms with Crippen LogP contribution < -0.4 is 0 Å². The summed E-state index contributed by atoms with van der Waals surface area (Å²) < 4.78 is 15.9. The summed E-state index contributed by atoms with van der Waals surface area (Å²) in [6, 6.07) is 8.00. The zero-order valence-electron chi connectivity index (χ0n) is 10.7. The lowest BCUT2D eigenvalue weighted by atomic mass is 9.90. The van der Waals surface area contributed by atoms with Crippen LogP contribution in [0.15, 0.2) is 33.5 Å². The lowest BCUT2D eigenvalue weighted by Crippen LogP contribution is -2.03. The Hall–Kier alpha value is -0.830. The Morgan fingerprint density at radius 3 is 2.00 bits per heavy atom. The van der Waals surface area contributed by atoms with Crippen molar-refractivity contribution in [3.05, 3.63) is 29.8 Å². The molecule has 0 spiro atoms. The topological polar surface area (TPSA) is 29.4 Å². The van der Waals surface area contributed by atoms with E-state index in [-0.39, 0.29) is 0 Å². The second-order valence-electron chi connectivity index (χ2n) is 4.59. The number of hydrogen-bond donors (Lipinski definition) is 0. The molecule has 0 radical (unpaired) electrons. The first-order valence-electron chi connectivity index (χ1n) is 5.58. The Kier molecular flexibility index (Phi) is 4.14. The van der Waals surface area contributed by atoms with Gasteiger partial charge in [0.15, 0.2) is 0 Å². The zero-order valence-corrected chi connectivity index (χ0v) is 11.5. The van der Waals surface area contributed by atoms with Crippen LogP contribution in [-0.2, 0) is 9.73 Å². The van der Waals surface area contributed by atoms with Crippen LogP contribution in [0.1, 0.15) is 32.3 Å². The van der Waals surface area contributed by atoms with Gasteiger partial charge in [0.1, 0.15) is 0 Å². The molecule has 0 fully saturated rings. The van der Waals surface area contributed by atoms with E-state index in [1.165, 1.54) is 5.56 Å². The maximum absolute atomic E-state index is 12.0. The summed E-state index contributed by atoms with van der Waals surface area (Å²) in [6.45, 7) is 6.64. The molecular formula is C13H21NOS. The first-order chi connectivity index (χ1) is 7.38. The second-order valence-corrected chi connectivity index (χ2v) is 7.03. The van der Waals surface area contributed by atoms with Crippen molar-refractivity contribution in [3.8, 4) is 0 Å². The van der Waals surface area contributed by atoms with Gasteiger partial charge >= 0.3 is 0 Å². The van der Waals surface area contributed by atoms with Crippen molar-refractivity contribution in [3.63, 3.8) is 0 Å². The highest BCUT2D eigenvalue weighted by molar-refractivity contribution is 7.93. The predicted octanol–water partition coefficient (Wildman–Crippen LogP) is 3.53. The summed E-state index contributed by atoms with van der Waals surface area (Å²) >= 11 is 0. The fraction of sp³-hybridized carbons (Fsp3) is 0.538. The van der Waals surface area contributed by atoms with Crippen molar-refractivity contribution in [1.29, 1.82) is 0 Å². The van der Waals surface area contributed by atoms with Gasteiger partial charge in [-0.2, -0.15) is 0 Å². The molecule has 0 aliphatic heterocycles. The summed E-state index contributed by atoms with van der Waals surface area (Å²) in [4.78, 5) is 0.815. The fourth-order valence-corrected chi connectivity index (χ4v) is 2.37. The molecular weight excluding hydrogens is 218 g/mol. The van der Waals surface area contributed by atoms with Crippen molar-refractivity contribution in [2.75, 3.05) is 13.3 Å². The van der Waals surface area contributed by atoms with Crippen LogP contribution in [0, 0.1) is 5.92 Å². The van der Waals surface area contributed by atoms with Gasteiger partial charge in [0, 0.05) is 18.2 Å². The van der Waals surface area contributed by atoms with E-state index < -0.39 is 9.73 Å². The highest BCUT2D eigenvalue weighted by Gasteiger charge is 2.11. The maximum atomic E-state index is 12.0. The molecule has 2 nitrogen and oxygen atoms in total. The van der Waals surface area contributed by atoms with Gasteiger partial charge in [-0.3, -0.25) is 0 Å². The minimum Gasteiger partial charge on any atom is -0.245 e. The van der Waals surface area contributed by atoms with Crippen LogP contribution in [-0.4, -0.2) is 17.5 Å². The SMILES string of the molecule is CN=S(C)(=O)c1ccc(C(C)C(C)C)cc1. The average Bonchev–Trinajstić information content (AvgIpc) is 2.28. The van der Waals surface area contributed by atoms with Crippen LogP contribution in [0.3, 0.4) is 0 Å². The molecule has 0 amide bonds. The molecule has 3 heteroatoms. The summed E-state index contributed by atoms with van der Waals surface area (Å²) in [7, 11) is -0.582. The number of benzene rings is 1. The molecule has 2 unspecified atom stereocenters. The van der Waals surface area contributed by atoms with E-state index in [1.54, 1.807) is 13.3 Å². The number of nitrogens with zero attached hydrogens (tertiary/aromatic N) is 1. The summed E-state index contributed by atoms with van der Waals surface area (Å²) in [5.41, 5.74) is 1.30. The molecule has 1 rings (SSSR count). The summed E-state index contributed by atoms with van der Waals surface area (Å²) in [6.07, 6.45) is 1.67. The predicted molar refractivity (Wildman–Crippen MR) is 70.4 cm³/mol. The second kappa shape index (κ2) is 5.00. The van der Waals surface area contributed by atoms with E-state index in [1.807, 2.05) is 12.1 Å². The first kappa shape index (κ1) is 13.2. The van der Waals surface area contributed by atoms with Gasteiger partial charge in [-0.25, -0.2) is 8.57 Å². The van der Waals surface area contributed by atoms with Gasteiger partial charge in [-0.1, -0.05) is 32.9 Å². The molecule has 2 atom stereocenters. The zero-order chi connectivity index (χ0) is 12.3. The van der Waals surface area contributed by atoms with Gasteiger partial charge in [-0.15, -0.1) is 0 Å². The summed E-state index contributed by atoms with van der Waals surface area (Å²) in [5.74, 6) is 1.15. The molecule has 0 aliphatic carbocycles. The molecule has 0 bridgehead atoms. The quantitative estimate of drug-likeness (QED) is 0.793. The number of hydrogen-bond acceptors (Lipinski definition) is 2. The van der Waals surface area contributed by atoms with E-state index in [0.29, 0.717) is 11.8 Å². The Morgan fingerprint density at radius 2 is 1.62 bits per heavy atom. The van der Waals surface area contributed by atoms with Gasteiger partial charge < -0.3 is 0 Å². The fourth-order valence-electron chi connectivity index (χ4n) is 1.51. The highest BCUT2D eigenvalue weighted by Crippen LogP contribution is 2.24. The lowest BCUT2D eigenvalue weighted by molar-refractivity contribution is 0.535. The highest BCUT2D eigenvalue weighted by atomic mass is 32.2. The Labute approximate surface area is 99.3 Å². The molecule has 0 heterocycles. The van der Waals surface area contributed by atoms with Gasteiger partial charge in [0.25, 0.3) is 0 Å². The standard InChI is InChI=1S/C13H21NOS/c1-10(2)11(3)12-6-8-13(9-7-12)16(5,15)14-4/h6-11H,1-5H3. The van der Waals surface area contributed by atoms with E-state index >= 15 is 0 Å². The van der Waals surface area contributed by atoms with E-state index in [4.69, 9.17) is 0 Å². The van der Waals surface area contributed by atoms with E-state index in [2.05, 4.69) is 37.3 Å². The van der Waals surface area contributed by atoms with Gasteiger partial charge in [-0.05, 0) is 29.5 Å². The van der Waals surface area contributed by atoms with Crippen molar-refractivity contribution >= 4 is 9.73 Å². The minimum absolute atomic E-state index is 0.528. The lowest BCUT2D eigenvalue weighted by Gasteiger charge is -2.16. The summed E-state index contributed by atoms with van der Waals surface area (Å²) in [5, 5.41) is 0. The molecule has 0 aliphatic rings. The van der Waals surface area contributed by atoms with E-state index in [0.717, 1.165) is 4.90 Å². The molecule has 0 saturated carbocycles. The average molecular weight is 239 g/mol. The number of rotatable bonds is 3. The molecule has 0 saturated heterocycles. The third kappa shape index (κ3) is 2.85. The minimum atomic E-state index is -2.19. The Morgan fingerprint density at radius 1 is 1.12 bits per heavy atom. The largest absolute Gasteiger partial charge is 0.245 e. The van der Waals surface area contributed by atoms with E-state index in [9.17, 15) is 4.21 Å².